The van der Waals surface area contributed by atoms with Crippen LogP contribution in [0.2, 0.25) is 0 Å². The van der Waals surface area contributed by atoms with E-state index >= 15 is 0 Å². The predicted molar refractivity (Wildman–Crippen MR) is 72.1 cm³/mol. The second-order valence-electron chi connectivity index (χ2n) is 3.68. The van der Waals surface area contributed by atoms with Gasteiger partial charge in [0, 0.05) is 5.69 Å². The number of anilines is 1. The fraction of sp³-hybridized carbons (Fsp3) is 0.0833. The molecule has 4 heteroatoms. The molecule has 0 aliphatic heterocycles. The standard InChI is InChI=1S/C12H10N2S2/c1-7-4-5-15-11(7)12-14-9-3-2-8(13)6-10(9)16-12/h2-6H,13H2,1H3. The summed E-state index contributed by atoms with van der Waals surface area (Å²) in [6.07, 6.45) is 0. The number of benzene rings is 1. The summed E-state index contributed by atoms with van der Waals surface area (Å²) in [6.45, 7) is 2.12. The Morgan fingerprint density at radius 1 is 1.25 bits per heavy atom. The summed E-state index contributed by atoms with van der Waals surface area (Å²) in [6, 6.07) is 7.99. The molecule has 0 aliphatic carbocycles. The Hall–Kier alpha value is -1.39. The molecule has 0 amide bonds. The molecule has 2 N–H and O–H groups in total. The fourth-order valence-corrected chi connectivity index (χ4v) is 3.73. The van der Waals surface area contributed by atoms with Crippen LogP contribution < -0.4 is 5.73 Å². The molecule has 0 radical (unpaired) electrons. The number of hydrogen-bond donors (Lipinski definition) is 1. The van der Waals surface area contributed by atoms with Crippen LogP contribution in [0.5, 0.6) is 0 Å². The van der Waals surface area contributed by atoms with Crippen LogP contribution in [0.3, 0.4) is 0 Å². The molecule has 0 saturated heterocycles. The van der Waals surface area contributed by atoms with Crippen molar-refractivity contribution in [1.82, 2.24) is 4.98 Å². The fourth-order valence-electron chi connectivity index (χ4n) is 1.63. The quantitative estimate of drug-likeness (QED) is 0.661. The minimum absolute atomic E-state index is 0.797. The van der Waals surface area contributed by atoms with Crippen molar-refractivity contribution >= 4 is 38.6 Å². The number of aryl methyl sites for hydroxylation is 1. The maximum atomic E-state index is 5.76. The van der Waals surface area contributed by atoms with Gasteiger partial charge in [-0.25, -0.2) is 4.98 Å². The zero-order chi connectivity index (χ0) is 11.1. The molecule has 2 heterocycles. The Bertz CT molecular complexity index is 652. The molecule has 0 aliphatic rings. The van der Waals surface area contributed by atoms with Gasteiger partial charge in [0.05, 0.1) is 15.1 Å². The summed E-state index contributed by atoms with van der Waals surface area (Å²) in [5, 5.41) is 3.19. The average Bonchev–Trinajstić information content (AvgIpc) is 2.82. The third-order valence-electron chi connectivity index (χ3n) is 2.47. The van der Waals surface area contributed by atoms with E-state index in [1.54, 1.807) is 22.7 Å². The highest BCUT2D eigenvalue weighted by Gasteiger charge is 2.09. The summed E-state index contributed by atoms with van der Waals surface area (Å²) in [5.74, 6) is 0. The zero-order valence-electron chi connectivity index (χ0n) is 8.73. The van der Waals surface area contributed by atoms with E-state index in [1.165, 1.54) is 10.4 Å². The lowest BCUT2D eigenvalue weighted by Crippen LogP contribution is -1.81. The highest BCUT2D eigenvalue weighted by atomic mass is 32.1. The highest BCUT2D eigenvalue weighted by Crippen LogP contribution is 2.35. The second-order valence-corrected chi connectivity index (χ2v) is 5.63. The second kappa shape index (κ2) is 3.57. The van der Waals surface area contributed by atoms with Gasteiger partial charge in [0.15, 0.2) is 0 Å². The van der Waals surface area contributed by atoms with E-state index in [0.29, 0.717) is 0 Å². The van der Waals surface area contributed by atoms with Crippen molar-refractivity contribution in [2.75, 3.05) is 5.73 Å². The minimum atomic E-state index is 0.797. The van der Waals surface area contributed by atoms with Gasteiger partial charge in [-0.05, 0) is 42.1 Å². The maximum Gasteiger partial charge on any atom is 0.134 e. The Morgan fingerprint density at radius 3 is 2.88 bits per heavy atom. The number of hydrogen-bond acceptors (Lipinski definition) is 4. The third-order valence-corrected chi connectivity index (χ3v) is 4.66. The van der Waals surface area contributed by atoms with Crippen molar-refractivity contribution in [3.63, 3.8) is 0 Å². The van der Waals surface area contributed by atoms with Gasteiger partial charge in [-0.15, -0.1) is 22.7 Å². The Labute approximate surface area is 101 Å². The van der Waals surface area contributed by atoms with Crippen molar-refractivity contribution in [3.05, 3.63) is 35.2 Å². The maximum absolute atomic E-state index is 5.76. The molecule has 80 valence electrons. The first kappa shape index (κ1) is 9.81. The monoisotopic (exact) mass is 246 g/mol. The molecule has 0 saturated carbocycles. The van der Waals surface area contributed by atoms with Crippen molar-refractivity contribution in [2.24, 2.45) is 0 Å². The van der Waals surface area contributed by atoms with E-state index in [0.717, 1.165) is 20.9 Å². The van der Waals surface area contributed by atoms with Crippen molar-refractivity contribution < 1.29 is 0 Å². The van der Waals surface area contributed by atoms with Crippen LogP contribution in [0.1, 0.15) is 5.56 Å². The Morgan fingerprint density at radius 2 is 2.12 bits per heavy atom. The van der Waals surface area contributed by atoms with E-state index < -0.39 is 0 Å². The lowest BCUT2D eigenvalue weighted by atomic mass is 10.3. The van der Waals surface area contributed by atoms with Crippen LogP contribution in [-0.2, 0) is 0 Å². The van der Waals surface area contributed by atoms with Gasteiger partial charge in [0.25, 0.3) is 0 Å². The van der Waals surface area contributed by atoms with Gasteiger partial charge in [-0.1, -0.05) is 0 Å². The third kappa shape index (κ3) is 1.50. The van der Waals surface area contributed by atoms with Crippen molar-refractivity contribution in [1.29, 1.82) is 0 Å². The summed E-state index contributed by atoms with van der Waals surface area (Å²) >= 11 is 3.44. The lowest BCUT2D eigenvalue weighted by molar-refractivity contribution is 1.46. The van der Waals surface area contributed by atoms with Crippen LogP contribution in [0.4, 0.5) is 5.69 Å². The average molecular weight is 246 g/mol. The molecular weight excluding hydrogens is 236 g/mol. The molecule has 16 heavy (non-hydrogen) atoms. The Balaban J connectivity index is 2.23. The predicted octanol–water partition coefficient (Wildman–Crippen LogP) is 3.92. The smallest absolute Gasteiger partial charge is 0.134 e. The molecule has 3 rings (SSSR count). The SMILES string of the molecule is Cc1ccsc1-c1nc2ccc(N)cc2s1. The van der Waals surface area contributed by atoms with E-state index in [2.05, 4.69) is 23.4 Å². The van der Waals surface area contributed by atoms with Crippen LogP contribution in [0, 0.1) is 6.92 Å². The zero-order valence-corrected chi connectivity index (χ0v) is 10.4. The molecular formula is C12H10N2S2. The van der Waals surface area contributed by atoms with Crippen LogP contribution >= 0.6 is 22.7 Å². The molecule has 0 atom stereocenters. The van der Waals surface area contributed by atoms with Gasteiger partial charge < -0.3 is 5.73 Å². The van der Waals surface area contributed by atoms with Crippen LogP contribution in [0.15, 0.2) is 29.6 Å². The number of aromatic nitrogens is 1. The number of rotatable bonds is 1. The van der Waals surface area contributed by atoms with Crippen LogP contribution in [0.25, 0.3) is 20.1 Å². The first-order valence-electron chi connectivity index (χ1n) is 4.94. The molecule has 0 bridgehead atoms. The topological polar surface area (TPSA) is 38.9 Å². The number of nitrogens with zero attached hydrogens (tertiary/aromatic N) is 1. The number of thiazole rings is 1. The first-order chi connectivity index (χ1) is 7.74. The largest absolute Gasteiger partial charge is 0.399 e. The molecule has 1 aromatic carbocycles. The number of thiophene rings is 1. The van der Waals surface area contributed by atoms with Gasteiger partial charge in [0.1, 0.15) is 5.01 Å². The normalized spacial score (nSPS) is 11.1. The molecule has 0 spiro atoms. The first-order valence-corrected chi connectivity index (χ1v) is 6.64. The minimum Gasteiger partial charge on any atom is -0.399 e. The molecule has 2 aromatic heterocycles. The van der Waals surface area contributed by atoms with Gasteiger partial charge in [-0.2, -0.15) is 0 Å². The summed E-state index contributed by atoms with van der Waals surface area (Å²) in [5.41, 5.74) is 8.88. The number of fused-ring (bicyclic) bond motifs is 1. The molecule has 3 aromatic rings. The molecule has 2 nitrogen and oxygen atoms in total. The molecule has 0 fully saturated rings. The number of nitrogen functional groups attached to an aromatic ring is 1. The van der Waals surface area contributed by atoms with E-state index in [-0.39, 0.29) is 0 Å². The van der Waals surface area contributed by atoms with Crippen molar-refractivity contribution in [2.45, 2.75) is 6.92 Å². The van der Waals surface area contributed by atoms with Gasteiger partial charge in [-0.3, -0.25) is 0 Å². The summed E-state index contributed by atoms with van der Waals surface area (Å²) in [7, 11) is 0. The van der Waals surface area contributed by atoms with E-state index in [9.17, 15) is 0 Å². The Kier molecular flexibility index (Phi) is 2.19. The van der Waals surface area contributed by atoms with Crippen molar-refractivity contribution in [3.8, 4) is 9.88 Å². The number of nitrogens with two attached hydrogens (primary N) is 1. The summed E-state index contributed by atoms with van der Waals surface area (Å²) < 4.78 is 1.16. The van der Waals surface area contributed by atoms with E-state index in [4.69, 9.17) is 5.73 Å². The molecule has 0 unspecified atom stereocenters. The van der Waals surface area contributed by atoms with E-state index in [1.807, 2.05) is 18.2 Å². The van der Waals surface area contributed by atoms with Crippen LogP contribution in [-0.4, -0.2) is 4.98 Å². The van der Waals surface area contributed by atoms with Gasteiger partial charge in [0.2, 0.25) is 0 Å². The lowest BCUT2D eigenvalue weighted by Gasteiger charge is -1.90. The summed E-state index contributed by atoms with van der Waals surface area (Å²) in [4.78, 5) is 5.89. The van der Waals surface area contributed by atoms with Gasteiger partial charge >= 0.3 is 0 Å². The highest BCUT2D eigenvalue weighted by molar-refractivity contribution is 7.25.